The molecule has 0 bridgehead atoms. The van der Waals surface area contributed by atoms with Gasteiger partial charge in [-0.25, -0.2) is 10.2 Å². The number of carbonyl (C=O) groups excluding carboxylic acids is 2. The molecule has 0 aliphatic carbocycles. The van der Waals surface area contributed by atoms with Crippen LogP contribution in [0.5, 0.6) is 0 Å². The largest absolute Gasteiger partial charge is 0.449 e. The molecule has 7 heteroatoms. The van der Waals surface area contributed by atoms with Crippen LogP contribution in [0.2, 0.25) is 5.02 Å². The van der Waals surface area contributed by atoms with Crippen molar-refractivity contribution in [3.63, 3.8) is 0 Å². The highest BCUT2D eigenvalue weighted by Crippen LogP contribution is 2.13. The summed E-state index contributed by atoms with van der Waals surface area (Å²) in [5.74, 6) is -0.245. The van der Waals surface area contributed by atoms with Gasteiger partial charge in [0.25, 0.3) is 5.91 Å². The first-order valence-electron chi connectivity index (χ1n) is 7.21. The normalized spacial score (nSPS) is 10.4. The fourth-order valence-electron chi connectivity index (χ4n) is 1.82. The van der Waals surface area contributed by atoms with Crippen molar-refractivity contribution < 1.29 is 14.3 Å². The number of nitrogens with one attached hydrogen (secondary N) is 2. The van der Waals surface area contributed by atoms with E-state index >= 15 is 0 Å². The van der Waals surface area contributed by atoms with Crippen molar-refractivity contribution in [3.05, 3.63) is 64.7 Å². The zero-order valence-corrected chi connectivity index (χ0v) is 13.7. The SMILES string of the molecule is CCOC(=O)N/N=C/c1cccc(NC(=O)c2ccc(Cl)cc2)c1. The number of carbonyl (C=O) groups is 2. The molecule has 2 aromatic rings. The molecule has 0 aliphatic heterocycles. The van der Waals surface area contributed by atoms with E-state index in [4.69, 9.17) is 11.6 Å². The summed E-state index contributed by atoms with van der Waals surface area (Å²) < 4.78 is 4.68. The second-order valence-corrected chi connectivity index (χ2v) is 5.11. The second-order valence-electron chi connectivity index (χ2n) is 4.68. The molecular weight excluding hydrogens is 330 g/mol. The van der Waals surface area contributed by atoms with Crippen LogP contribution < -0.4 is 10.7 Å². The molecule has 0 spiro atoms. The highest BCUT2D eigenvalue weighted by Gasteiger charge is 2.06. The van der Waals surface area contributed by atoms with Crippen LogP contribution in [0.25, 0.3) is 0 Å². The Labute approximate surface area is 144 Å². The second kappa shape index (κ2) is 8.69. The number of ether oxygens (including phenoxy) is 1. The van der Waals surface area contributed by atoms with Gasteiger partial charge in [-0.1, -0.05) is 23.7 Å². The van der Waals surface area contributed by atoms with Gasteiger partial charge in [0.05, 0.1) is 12.8 Å². The summed E-state index contributed by atoms with van der Waals surface area (Å²) >= 11 is 5.80. The molecular formula is C17H16ClN3O3. The molecule has 0 saturated carbocycles. The quantitative estimate of drug-likeness (QED) is 0.641. The van der Waals surface area contributed by atoms with Crippen molar-refractivity contribution in [3.8, 4) is 0 Å². The minimum atomic E-state index is -0.624. The van der Waals surface area contributed by atoms with Crippen LogP contribution >= 0.6 is 11.6 Å². The summed E-state index contributed by atoms with van der Waals surface area (Å²) in [5, 5.41) is 7.12. The average Bonchev–Trinajstić information content (AvgIpc) is 2.56. The number of hydrogen-bond acceptors (Lipinski definition) is 4. The van der Waals surface area contributed by atoms with Gasteiger partial charge in [-0.2, -0.15) is 5.10 Å². The monoisotopic (exact) mass is 345 g/mol. The van der Waals surface area contributed by atoms with Gasteiger partial charge in [-0.3, -0.25) is 4.79 Å². The third-order valence-corrected chi connectivity index (χ3v) is 3.15. The lowest BCUT2D eigenvalue weighted by molar-refractivity contribution is 0.102. The lowest BCUT2D eigenvalue weighted by Crippen LogP contribution is -2.18. The van der Waals surface area contributed by atoms with Crippen LogP contribution in [0.3, 0.4) is 0 Å². The minimum absolute atomic E-state index is 0.245. The maximum absolute atomic E-state index is 12.2. The summed E-state index contributed by atoms with van der Waals surface area (Å²) in [5.41, 5.74) is 4.05. The van der Waals surface area contributed by atoms with E-state index in [9.17, 15) is 9.59 Å². The molecule has 6 nitrogen and oxygen atoms in total. The third kappa shape index (κ3) is 5.40. The summed E-state index contributed by atoms with van der Waals surface area (Å²) in [4.78, 5) is 23.3. The number of rotatable bonds is 5. The Hall–Kier alpha value is -2.86. The summed E-state index contributed by atoms with van der Waals surface area (Å²) in [6.07, 6.45) is 0.829. The van der Waals surface area contributed by atoms with Gasteiger partial charge in [-0.05, 0) is 48.9 Å². The van der Waals surface area contributed by atoms with Crippen molar-refractivity contribution in [2.75, 3.05) is 11.9 Å². The lowest BCUT2D eigenvalue weighted by Gasteiger charge is -2.06. The van der Waals surface area contributed by atoms with Crippen LogP contribution in [0.15, 0.2) is 53.6 Å². The molecule has 0 heterocycles. The summed E-state index contributed by atoms with van der Waals surface area (Å²) in [6.45, 7) is 1.98. The Kier molecular flexibility index (Phi) is 6.33. The topological polar surface area (TPSA) is 79.8 Å². The molecule has 24 heavy (non-hydrogen) atoms. The van der Waals surface area contributed by atoms with Gasteiger partial charge in [0.1, 0.15) is 0 Å². The van der Waals surface area contributed by atoms with Crippen molar-refractivity contribution in [1.29, 1.82) is 0 Å². The standard InChI is InChI=1S/C17H16ClN3O3/c1-2-24-17(23)21-19-11-12-4-3-5-15(10-12)20-16(22)13-6-8-14(18)9-7-13/h3-11H,2H2,1H3,(H,20,22)(H,21,23)/b19-11+. The molecule has 0 saturated heterocycles. The highest BCUT2D eigenvalue weighted by atomic mass is 35.5. The molecule has 0 unspecified atom stereocenters. The Morgan fingerprint density at radius 2 is 1.96 bits per heavy atom. The lowest BCUT2D eigenvalue weighted by atomic mass is 10.2. The van der Waals surface area contributed by atoms with Crippen molar-refractivity contribution in [1.82, 2.24) is 5.43 Å². The maximum atomic E-state index is 12.2. The zero-order chi connectivity index (χ0) is 17.4. The Morgan fingerprint density at radius 1 is 1.21 bits per heavy atom. The first-order chi connectivity index (χ1) is 11.6. The van der Waals surface area contributed by atoms with E-state index in [1.165, 1.54) is 6.21 Å². The van der Waals surface area contributed by atoms with Gasteiger partial charge in [-0.15, -0.1) is 0 Å². The molecule has 2 N–H and O–H groups in total. The van der Waals surface area contributed by atoms with E-state index < -0.39 is 6.09 Å². The minimum Gasteiger partial charge on any atom is -0.449 e. The molecule has 2 aromatic carbocycles. The predicted octanol–water partition coefficient (Wildman–Crippen LogP) is 3.67. The van der Waals surface area contributed by atoms with Crippen molar-refractivity contribution in [2.45, 2.75) is 6.92 Å². The number of benzene rings is 2. The van der Waals surface area contributed by atoms with E-state index in [0.717, 1.165) is 0 Å². The third-order valence-electron chi connectivity index (χ3n) is 2.90. The molecule has 0 fully saturated rings. The Bertz CT molecular complexity index is 745. The molecule has 0 aliphatic rings. The van der Waals surface area contributed by atoms with Crippen LogP contribution in [0.4, 0.5) is 10.5 Å². The van der Waals surface area contributed by atoms with Crippen LogP contribution in [0, 0.1) is 0 Å². The number of halogens is 1. The molecule has 0 aromatic heterocycles. The highest BCUT2D eigenvalue weighted by molar-refractivity contribution is 6.30. The van der Waals surface area contributed by atoms with E-state index in [1.807, 2.05) is 0 Å². The van der Waals surface area contributed by atoms with E-state index in [1.54, 1.807) is 55.5 Å². The molecule has 0 atom stereocenters. The predicted molar refractivity (Wildman–Crippen MR) is 93.6 cm³/mol. The van der Waals surface area contributed by atoms with Gasteiger partial charge in [0, 0.05) is 16.3 Å². The molecule has 0 radical (unpaired) electrons. The number of anilines is 1. The maximum Gasteiger partial charge on any atom is 0.427 e. The fourth-order valence-corrected chi connectivity index (χ4v) is 1.95. The van der Waals surface area contributed by atoms with Crippen molar-refractivity contribution in [2.24, 2.45) is 5.10 Å². The van der Waals surface area contributed by atoms with Gasteiger partial charge >= 0.3 is 6.09 Å². The van der Waals surface area contributed by atoms with Gasteiger partial charge in [0.15, 0.2) is 0 Å². The van der Waals surface area contributed by atoms with E-state index in [2.05, 4.69) is 20.6 Å². The van der Waals surface area contributed by atoms with Crippen molar-refractivity contribution >= 4 is 35.5 Å². The molecule has 2 rings (SSSR count). The Balaban J connectivity index is 1.99. The van der Waals surface area contributed by atoms with E-state index in [0.29, 0.717) is 21.8 Å². The van der Waals surface area contributed by atoms with E-state index in [-0.39, 0.29) is 12.5 Å². The summed E-state index contributed by atoms with van der Waals surface area (Å²) in [7, 11) is 0. The summed E-state index contributed by atoms with van der Waals surface area (Å²) in [6, 6.07) is 13.6. The number of hydrazone groups is 1. The first kappa shape index (κ1) is 17.5. The van der Waals surface area contributed by atoms with Gasteiger partial charge in [0.2, 0.25) is 0 Å². The smallest absolute Gasteiger partial charge is 0.427 e. The van der Waals surface area contributed by atoms with Crippen LogP contribution in [-0.4, -0.2) is 24.8 Å². The molecule has 124 valence electrons. The number of hydrogen-bond donors (Lipinski definition) is 2. The van der Waals surface area contributed by atoms with Crippen LogP contribution in [0.1, 0.15) is 22.8 Å². The van der Waals surface area contributed by atoms with Gasteiger partial charge < -0.3 is 10.1 Å². The first-order valence-corrected chi connectivity index (χ1v) is 7.59. The Morgan fingerprint density at radius 3 is 2.67 bits per heavy atom. The molecule has 2 amide bonds. The number of nitrogens with zero attached hydrogens (tertiary/aromatic N) is 1. The fraction of sp³-hybridized carbons (Fsp3) is 0.118. The van der Waals surface area contributed by atoms with Crippen LogP contribution in [-0.2, 0) is 4.74 Å². The zero-order valence-electron chi connectivity index (χ0n) is 13.0. The number of amides is 2. The average molecular weight is 346 g/mol.